The Hall–Kier alpha value is -1.34. The van der Waals surface area contributed by atoms with Crippen LogP contribution >= 0.6 is 0 Å². The summed E-state index contributed by atoms with van der Waals surface area (Å²) in [6.45, 7) is 28.9. The van der Waals surface area contributed by atoms with Gasteiger partial charge in [0.15, 0.2) is 0 Å². The molecule has 0 unspecified atom stereocenters. The van der Waals surface area contributed by atoms with E-state index in [1.807, 2.05) is 39.3 Å². The Morgan fingerprint density at radius 1 is 0.404 bits per heavy atom. The fourth-order valence-corrected chi connectivity index (χ4v) is 39.5. The van der Waals surface area contributed by atoms with Crippen LogP contribution in [0.25, 0.3) is 0 Å². The number of benzene rings is 2. The molecule has 2 aromatic rings. The van der Waals surface area contributed by atoms with E-state index in [4.69, 9.17) is 34.2 Å². The number of ether oxygens (including phenoxy) is 2. The monoisotopic (exact) mass is 772 g/mol. The van der Waals surface area contributed by atoms with Crippen molar-refractivity contribution in [3.63, 3.8) is 0 Å². The van der Waals surface area contributed by atoms with Crippen molar-refractivity contribution in [1.29, 1.82) is 0 Å². The molecule has 0 saturated heterocycles. The van der Waals surface area contributed by atoms with Crippen LogP contribution in [0.4, 0.5) is 0 Å². The van der Waals surface area contributed by atoms with Crippen molar-refractivity contribution in [2.24, 2.45) is 0 Å². The zero-order chi connectivity index (χ0) is 36.0. The van der Waals surface area contributed by atoms with Gasteiger partial charge in [0.05, 0.1) is 0 Å². The smallest absolute Gasteiger partial charge is 0.314 e. The summed E-state index contributed by atoms with van der Waals surface area (Å²) in [5.41, 5.74) is 1.22. The van der Waals surface area contributed by atoms with Crippen LogP contribution < -0.4 is 9.47 Å². The van der Waals surface area contributed by atoms with Crippen molar-refractivity contribution in [3.05, 3.63) is 59.7 Å². The number of hydrogen-bond acceptors (Lipinski definition) is 10. The molecule has 0 saturated carbocycles. The summed E-state index contributed by atoms with van der Waals surface area (Å²) in [4.78, 5) is 21.9. The van der Waals surface area contributed by atoms with Crippen molar-refractivity contribution in [3.8, 4) is 11.5 Å². The molecule has 0 radical (unpaired) electrons. The lowest BCUT2D eigenvalue weighted by molar-refractivity contribution is 0.111. The van der Waals surface area contributed by atoms with Gasteiger partial charge >= 0.3 is 42.8 Å². The van der Waals surface area contributed by atoms with E-state index in [0.717, 1.165) is 12.6 Å². The van der Waals surface area contributed by atoms with Gasteiger partial charge < -0.3 is 34.2 Å². The molecule has 0 aliphatic rings. The summed E-state index contributed by atoms with van der Waals surface area (Å²) in [6, 6.07) is 14.1. The van der Waals surface area contributed by atoms with E-state index in [-0.39, 0.29) is 0 Å². The van der Waals surface area contributed by atoms with Crippen LogP contribution in [0.15, 0.2) is 48.5 Å². The fraction of sp³-hybridized carbons (Fsp3) is 0.533. The average molecular weight is 773 g/mol. The van der Waals surface area contributed by atoms with Gasteiger partial charge in [-0.05, 0) is 140 Å². The maximum Gasteiger partial charge on any atom is 0.314 e. The predicted octanol–water partition coefficient (Wildman–Crippen LogP) is 7.87. The zero-order valence-electron chi connectivity index (χ0n) is 30.8. The van der Waals surface area contributed by atoms with Crippen LogP contribution in [0.3, 0.4) is 0 Å². The van der Waals surface area contributed by atoms with Gasteiger partial charge in [-0.15, -0.1) is 0 Å². The van der Waals surface area contributed by atoms with Gasteiger partial charge in [0.25, 0.3) is 0 Å². The van der Waals surface area contributed by atoms with E-state index < -0.39 is 59.4 Å². The lowest BCUT2D eigenvalue weighted by Crippen LogP contribution is -2.61. The molecule has 17 heteroatoms. The minimum atomic E-state index is -2.69. The second-order valence-corrected chi connectivity index (χ2v) is 41.6. The molecule has 10 nitrogen and oxygen atoms in total. The molecule has 47 heavy (non-hydrogen) atoms. The van der Waals surface area contributed by atoms with Gasteiger partial charge in [0.1, 0.15) is 36.5 Å². The highest BCUT2D eigenvalue weighted by molar-refractivity contribution is 6.92. The molecule has 0 aromatic heterocycles. The molecule has 0 aliphatic heterocycles. The largest absolute Gasteiger partial charge is 0.494 e. The highest BCUT2D eigenvalue weighted by Gasteiger charge is 2.48. The summed E-state index contributed by atoms with van der Waals surface area (Å²) in [5.74, 6) is 1.41. The summed E-state index contributed by atoms with van der Waals surface area (Å²) >= 11 is 0. The quantitative estimate of drug-likeness (QED) is 0.0975. The minimum Gasteiger partial charge on any atom is -0.494 e. The van der Waals surface area contributed by atoms with E-state index in [1.165, 1.54) is 0 Å². The van der Waals surface area contributed by atoms with Crippen molar-refractivity contribution in [2.45, 2.75) is 91.7 Å². The number of carbonyl (C=O) groups excluding carboxylic acids is 2. The molecule has 2 rings (SSSR count). The highest BCUT2D eigenvalue weighted by atomic mass is 28.5. The SMILES string of the molecule is C[Si](C)(COc1ccc(C=O)cc1)O[Si](C)(C)O[Si](C)(C)O[Si](C)(C)O[Si](C)(C)O[Si](C)(C)O[Si](C)(C)COc1ccc(C=O)cc1. The lowest BCUT2D eigenvalue weighted by atomic mass is 10.2. The van der Waals surface area contributed by atoms with Gasteiger partial charge in [-0.3, -0.25) is 9.59 Å². The summed E-state index contributed by atoms with van der Waals surface area (Å²) in [6.07, 6.45) is 2.54. The molecule has 0 fully saturated rings. The minimum absolute atomic E-state index is 0.457. The molecule has 0 atom stereocenters. The Balaban J connectivity index is 1.95. The number of rotatable bonds is 20. The highest BCUT2D eigenvalue weighted by Crippen LogP contribution is 2.29. The Bertz CT molecular complexity index is 1220. The predicted molar refractivity (Wildman–Crippen MR) is 204 cm³/mol. The van der Waals surface area contributed by atoms with E-state index in [9.17, 15) is 9.59 Å². The van der Waals surface area contributed by atoms with Crippen LogP contribution in [-0.2, 0) is 24.7 Å². The van der Waals surface area contributed by atoms with E-state index in [2.05, 4.69) is 52.4 Å². The van der Waals surface area contributed by atoms with Crippen molar-refractivity contribution >= 4 is 72.0 Å². The normalized spacial score (nSPS) is 13.7. The summed E-state index contributed by atoms with van der Waals surface area (Å²) in [5, 5.41) is 0. The van der Waals surface area contributed by atoms with Gasteiger partial charge in [-0.25, -0.2) is 0 Å². The van der Waals surface area contributed by atoms with Crippen LogP contribution in [0.1, 0.15) is 20.7 Å². The van der Waals surface area contributed by atoms with Gasteiger partial charge in [-0.1, -0.05) is 0 Å². The number of carbonyl (C=O) groups is 2. The van der Waals surface area contributed by atoms with Gasteiger partial charge in [0, 0.05) is 11.1 Å². The molecule has 0 amide bonds. The fourth-order valence-electron chi connectivity index (χ4n) is 5.66. The van der Waals surface area contributed by atoms with E-state index >= 15 is 0 Å². The first-order valence-corrected chi connectivity index (χ1v) is 36.1. The second-order valence-electron chi connectivity index (χ2n) is 15.1. The standard InChI is InChI=1S/C30H56O10Si7/c1-41(2,25-33-29-19-15-27(23-31)16-20-29)35-43(5,6)37-45(9,10)39-47(13,14)40-46(11,12)38-44(7,8)36-42(3,4)26-34-30-21-17-28(24-32)18-22-30/h15-24H,25-26H2,1-14H3. The topological polar surface area (TPSA) is 108 Å². The first-order chi connectivity index (χ1) is 21.3. The zero-order valence-corrected chi connectivity index (χ0v) is 37.8. The third-order valence-electron chi connectivity index (χ3n) is 6.22. The van der Waals surface area contributed by atoms with Crippen LogP contribution in [0.5, 0.6) is 11.5 Å². The first kappa shape index (κ1) is 41.8. The van der Waals surface area contributed by atoms with Gasteiger partial charge in [0.2, 0.25) is 16.6 Å². The molecule has 0 N–H and O–H groups in total. The van der Waals surface area contributed by atoms with Crippen LogP contribution in [-0.4, -0.2) is 84.5 Å². The molecule has 0 bridgehead atoms. The summed E-state index contributed by atoms with van der Waals surface area (Å²) in [7, 11) is -17.8. The molecule has 0 heterocycles. The van der Waals surface area contributed by atoms with Crippen molar-refractivity contribution in [2.75, 3.05) is 12.5 Å². The number of aldehydes is 2. The molecule has 2 aromatic carbocycles. The van der Waals surface area contributed by atoms with Gasteiger partial charge in [-0.2, -0.15) is 0 Å². The van der Waals surface area contributed by atoms with Crippen LogP contribution in [0, 0.1) is 0 Å². The molecule has 264 valence electrons. The molecule has 0 spiro atoms. The molecular formula is C30H56O10Si7. The Labute approximate surface area is 289 Å². The number of hydrogen-bond donors (Lipinski definition) is 0. The third kappa shape index (κ3) is 16.3. The van der Waals surface area contributed by atoms with Crippen molar-refractivity contribution in [1.82, 2.24) is 0 Å². The molecular weight excluding hydrogens is 717 g/mol. The maximum absolute atomic E-state index is 10.9. The Morgan fingerprint density at radius 2 is 0.638 bits per heavy atom. The Kier molecular flexibility index (Phi) is 14.3. The second kappa shape index (κ2) is 16.1. The first-order valence-electron chi connectivity index (χ1n) is 15.8. The summed E-state index contributed by atoms with van der Waals surface area (Å²) < 4.78 is 52.2. The maximum atomic E-state index is 10.9. The Morgan fingerprint density at radius 3 is 0.872 bits per heavy atom. The third-order valence-corrected chi connectivity index (χ3v) is 32.0. The average Bonchev–Trinajstić information content (AvgIpc) is 2.87. The van der Waals surface area contributed by atoms with E-state index in [0.29, 0.717) is 35.1 Å². The van der Waals surface area contributed by atoms with E-state index in [1.54, 1.807) is 48.5 Å². The lowest BCUT2D eigenvalue weighted by Gasteiger charge is -2.43. The van der Waals surface area contributed by atoms with Crippen molar-refractivity contribution < 1.29 is 43.8 Å². The molecule has 0 aliphatic carbocycles. The van der Waals surface area contributed by atoms with Crippen LogP contribution in [0.2, 0.25) is 91.7 Å².